The van der Waals surface area contributed by atoms with Gasteiger partial charge >= 0.3 is 0 Å². The molecule has 4 heavy (non-hydrogen) atoms. The third kappa shape index (κ3) is 8.84. The van der Waals surface area contributed by atoms with Gasteiger partial charge in [0.1, 0.15) is 0 Å². The van der Waals surface area contributed by atoms with E-state index in [4.69, 9.17) is 0 Å². The maximum atomic E-state index is 0. The van der Waals surface area contributed by atoms with E-state index in [-0.39, 0.29) is 77.2 Å². The van der Waals surface area contributed by atoms with E-state index in [1.165, 1.54) is 0 Å². The van der Waals surface area contributed by atoms with Gasteiger partial charge in [0.15, 0.2) is 0 Å². The van der Waals surface area contributed by atoms with Crippen LogP contribution in [0.1, 0.15) is 0 Å². The van der Waals surface area contributed by atoms with Crippen LogP contribution in [0.15, 0.2) is 0 Å². The number of halogens is 2. The van der Waals surface area contributed by atoms with Crippen molar-refractivity contribution in [3.63, 3.8) is 0 Å². The van der Waals surface area contributed by atoms with Gasteiger partial charge in [0.25, 0.3) is 0 Å². The second-order valence-electron chi connectivity index (χ2n) is 0. The summed E-state index contributed by atoms with van der Waals surface area (Å²) in [5.41, 5.74) is 0. The Balaban J connectivity index is 0. The molecule has 0 nitrogen and oxygen atoms in total. The monoisotopic (exact) mass is 252 g/mol. The minimum absolute atomic E-state index is 0. The molecule has 4 heteroatoms. The van der Waals surface area contributed by atoms with Crippen LogP contribution in [-0.4, -0.2) is 0 Å². The fraction of sp³-hybridized carbons (Fsp3) is 0. The van der Waals surface area contributed by atoms with Crippen LogP contribution in [0.3, 0.4) is 0 Å². The molecule has 0 aliphatic rings. The Bertz CT molecular complexity index is 4.00. The predicted molar refractivity (Wildman–Crippen MR) is 14.5 cm³/mol. The Morgan fingerprint density at radius 2 is 0.500 bits per heavy atom. The quantitative estimate of drug-likeness (QED) is 0.602. The normalized spacial score (nSPS) is 0. The van der Waals surface area contributed by atoms with Crippen molar-refractivity contribution in [1.29, 1.82) is 0 Å². The van der Waals surface area contributed by atoms with E-state index in [2.05, 4.69) is 0 Å². The Morgan fingerprint density at radius 3 is 0.500 bits per heavy atom. The molecule has 0 fully saturated rings. The Morgan fingerprint density at radius 1 is 0.500 bits per heavy atom. The fourth-order valence-electron chi connectivity index (χ4n) is 0. The molecule has 0 heterocycles. The van der Waals surface area contributed by atoms with Crippen LogP contribution in [0.2, 0.25) is 0 Å². The molecule has 0 atom stereocenters. The molecular weight excluding hydrogens is 253 g/mol. The largest absolute Gasteiger partial charge is 0.147 e. The first-order valence-electron chi connectivity index (χ1n) is 0. The van der Waals surface area contributed by atoms with Gasteiger partial charge in [-0.25, -0.2) is 0 Å². The van der Waals surface area contributed by atoms with Gasteiger partial charge in [0, 0.05) is 52.4 Å². The first kappa shape index (κ1) is 33.0. The van der Waals surface area contributed by atoms with Gasteiger partial charge < -0.3 is 0 Å². The zero-order valence-corrected chi connectivity index (χ0v) is 8.37. The summed E-state index contributed by atoms with van der Waals surface area (Å²) in [4.78, 5) is 0. The summed E-state index contributed by atoms with van der Waals surface area (Å²) in [5, 5.41) is 0. The van der Waals surface area contributed by atoms with E-state index < -0.39 is 0 Å². The number of hydrogen-bond donors (Lipinski definition) is 0. The van der Waals surface area contributed by atoms with Crippen molar-refractivity contribution < 1.29 is 52.4 Å². The van der Waals surface area contributed by atoms with Crippen molar-refractivity contribution in [2.24, 2.45) is 0 Å². The Labute approximate surface area is 76.2 Å². The van der Waals surface area contributed by atoms with Gasteiger partial charge in [-0.15, -0.1) is 24.8 Å². The van der Waals surface area contributed by atoms with Gasteiger partial charge in [-0.05, 0) is 0 Å². The first-order chi connectivity index (χ1) is 0. The second kappa shape index (κ2) is 18.3. The van der Waals surface area contributed by atoms with Gasteiger partial charge in [-0.1, -0.05) is 0 Å². The molecule has 0 saturated heterocycles. The molecule has 0 bridgehead atoms. The average molecular weight is 255 g/mol. The summed E-state index contributed by atoms with van der Waals surface area (Å²) in [6.07, 6.45) is 0. The molecule has 0 saturated carbocycles. The molecule has 0 aliphatic carbocycles. The molecule has 0 aromatic carbocycles. The molecule has 0 unspecified atom stereocenters. The summed E-state index contributed by atoms with van der Waals surface area (Å²) in [7, 11) is 0. The summed E-state index contributed by atoms with van der Waals surface area (Å²) in [6, 6.07) is 0. The summed E-state index contributed by atoms with van der Waals surface area (Å²) < 4.78 is 0. The zero-order chi connectivity index (χ0) is 0. The molecule has 0 rings (SSSR count). The first-order valence-corrected chi connectivity index (χ1v) is 0. The standard InChI is InChI=1S/2ClH.2Zr/h2*1H;;. The zero-order valence-electron chi connectivity index (χ0n) is 1.82. The van der Waals surface area contributed by atoms with E-state index in [1.54, 1.807) is 0 Å². The van der Waals surface area contributed by atoms with Gasteiger partial charge in [0.2, 0.25) is 0 Å². The molecule has 0 radical (unpaired) electrons. The smallest absolute Gasteiger partial charge is 0 e. The van der Waals surface area contributed by atoms with Crippen LogP contribution in [0.5, 0.6) is 0 Å². The third-order valence-corrected chi connectivity index (χ3v) is 0. The van der Waals surface area contributed by atoms with Crippen molar-refractivity contribution in [2.45, 2.75) is 0 Å². The summed E-state index contributed by atoms with van der Waals surface area (Å²) >= 11 is 0. The summed E-state index contributed by atoms with van der Waals surface area (Å²) in [6.45, 7) is 0. The molecule has 0 aliphatic heterocycles. The van der Waals surface area contributed by atoms with Gasteiger partial charge in [-0.3, -0.25) is 0 Å². The topological polar surface area (TPSA) is 0 Å². The van der Waals surface area contributed by atoms with E-state index in [1.807, 2.05) is 0 Å². The Hall–Kier alpha value is 2.35. The maximum absolute atomic E-state index is 0. The molecule has 0 N–H and O–H groups in total. The molecule has 0 spiro atoms. The predicted octanol–water partition coefficient (Wildman–Crippen LogP) is 0.839. The van der Waals surface area contributed by atoms with Crippen molar-refractivity contribution in [2.75, 3.05) is 0 Å². The van der Waals surface area contributed by atoms with Crippen LogP contribution >= 0.6 is 24.8 Å². The van der Waals surface area contributed by atoms with Crippen LogP contribution in [0.4, 0.5) is 0 Å². The maximum Gasteiger partial charge on any atom is 0 e. The fourth-order valence-corrected chi connectivity index (χ4v) is 0. The second-order valence-corrected chi connectivity index (χ2v) is 0. The molecule has 0 aromatic heterocycles. The van der Waals surface area contributed by atoms with Crippen LogP contribution in [-0.2, 0) is 52.4 Å². The van der Waals surface area contributed by atoms with Gasteiger partial charge in [-0.2, -0.15) is 0 Å². The summed E-state index contributed by atoms with van der Waals surface area (Å²) in [5.74, 6) is 0. The molecule has 0 amide bonds. The minimum Gasteiger partial charge on any atom is -0.147 e. The van der Waals surface area contributed by atoms with Crippen molar-refractivity contribution in [3.05, 3.63) is 0 Å². The average Bonchev–Trinajstić information content (AvgIpc) is 0. The van der Waals surface area contributed by atoms with Crippen LogP contribution in [0.25, 0.3) is 0 Å². The molecule has 0 aromatic rings. The van der Waals surface area contributed by atoms with E-state index >= 15 is 0 Å². The van der Waals surface area contributed by atoms with Crippen molar-refractivity contribution in [3.8, 4) is 0 Å². The third-order valence-electron chi connectivity index (χ3n) is 0. The van der Waals surface area contributed by atoms with E-state index in [9.17, 15) is 0 Å². The molecule has 24 valence electrons. The van der Waals surface area contributed by atoms with E-state index in [0.717, 1.165) is 0 Å². The van der Waals surface area contributed by atoms with E-state index in [0.29, 0.717) is 0 Å². The molecular formula is H2Cl2Zr2. The SMILES string of the molecule is Cl.Cl.[Zr].[Zr]. The van der Waals surface area contributed by atoms with Crippen LogP contribution < -0.4 is 0 Å². The number of rotatable bonds is 0. The van der Waals surface area contributed by atoms with Crippen molar-refractivity contribution >= 4 is 24.8 Å². The van der Waals surface area contributed by atoms with Crippen molar-refractivity contribution in [1.82, 2.24) is 0 Å². The number of hydrogen-bond acceptors (Lipinski definition) is 0. The Kier molecular flexibility index (Phi) is 151. The minimum atomic E-state index is 0. The van der Waals surface area contributed by atoms with Gasteiger partial charge in [0.05, 0.1) is 0 Å². The van der Waals surface area contributed by atoms with Crippen LogP contribution in [0, 0.1) is 0 Å².